The molecule has 2 aromatic carbocycles. The molecule has 0 aliphatic carbocycles. The lowest BCUT2D eigenvalue weighted by molar-refractivity contribution is 0.0376. The number of carbonyl (C=O) groups excluding carboxylic acids is 1. The summed E-state index contributed by atoms with van der Waals surface area (Å²) in [4.78, 5) is 22.4. The van der Waals surface area contributed by atoms with E-state index in [4.69, 9.17) is 9.72 Å². The maximum atomic E-state index is 13.3. The predicted molar refractivity (Wildman–Crippen MR) is 119 cm³/mol. The molecule has 2 heterocycles. The second-order valence-corrected chi connectivity index (χ2v) is 8.54. The number of nitrogens with zero attached hydrogens (tertiary/aromatic N) is 3. The van der Waals surface area contributed by atoms with E-state index in [2.05, 4.69) is 30.9 Å². The summed E-state index contributed by atoms with van der Waals surface area (Å²) in [6, 6.07) is 13.8. The minimum absolute atomic E-state index is 0.0140. The molecule has 3 aromatic rings. The van der Waals surface area contributed by atoms with Gasteiger partial charge >= 0.3 is 0 Å². The number of hydrogen-bond acceptors (Lipinski definition) is 5. The van der Waals surface area contributed by atoms with E-state index in [-0.39, 0.29) is 5.91 Å². The van der Waals surface area contributed by atoms with Gasteiger partial charge in [0.05, 0.1) is 23.4 Å². The van der Waals surface area contributed by atoms with Gasteiger partial charge in [-0.2, -0.15) is 0 Å². The van der Waals surface area contributed by atoms with Crippen LogP contribution in [-0.4, -0.2) is 55.2 Å². The fourth-order valence-corrected chi connectivity index (χ4v) is 4.65. The van der Waals surface area contributed by atoms with Gasteiger partial charge in [-0.3, -0.25) is 14.6 Å². The standard InChI is InChI=1S/C23H27N3O2S/c1-17-15-20-21(16-18(17)2)29-23(24-20)26(22(27)19-7-4-3-5-8-19)10-6-9-25-11-13-28-14-12-25/h3-5,7-8,15-16H,6,9-14H2,1-2H3. The molecule has 0 saturated carbocycles. The molecule has 6 heteroatoms. The van der Waals surface area contributed by atoms with Crippen LogP contribution in [0.4, 0.5) is 5.13 Å². The number of amides is 1. The third-order valence-corrected chi connectivity index (χ3v) is 6.49. The van der Waals surface area contributed by atoms with E-state index in [0.717, 1.165) is 54.6 Å². The van der Waals surface area contributed by atoms with Gasteiger partial charge in [0.1, 0.15) is 0 Å². The summed E-state index contributed by atoms with van der Waals surface area (Å²) in [5.74, 6) is 0.0140. The van der Waals surface area contributed by atoms with Crippen LogP contribution in [0.1, 0.15) is 27.9 Å². The molecule has 0 unspecified atom stereocenters. The first-order valence-electron chi connectivity index (χ1n) is 10.2. The Bertz CT molecular complexity index is 941. The highest BCUT2D eigenvalue weighted by Gasteiger charge is 2.22. The fourth-order valence-electron chi connectivity index (χ4n) is 3.58. The molecule has 1 aliphatic rings. The monoisotopic (exact) mass is 409 g/mol. The zero-order valence-electron chi connectivity index (χ0n) is 17.1. The molecule has 4 rings (SSSR count). The highest BCUT2D eigenvalue weighted by molar-refractivity contribution is 7.22. The van der Waals surface area contributed by atoms with Gasteiger partial charge in [0.15, 0.2) is 5.13 Å². The molecule has 0 atom stereocenters. The van der Waals surface area contributed by atoms with Gasteiger partial charge in [-0.15, -0.1) is 0 Å². The topological polar surface area (TPSA) is 45.7 Å². The quantitative estimate of drug-likeness (QED) is 0.610. The predicted octanol–water partition coefficient (Wildman–Crippen LogP) is 4.28. The number of anilines is 1. The average Bonchev–Trinajstić information content (AvgIpc) is 3.14. The van der Waals surface area contributed by atoms with Crippen molar-refractivity contribution in [1.82, 2.24) is 9.88 Å². The molecule has 0 spiro atoms. The van der Waals surface area contributed by atoms with Crippen LogP contribution < -0.4 is 4.90 Å². The Balaban J connectivity index is 1.58. The van der Waals surface area contributed by atoms with Crippen LogP contribution in [0.15, 0.2) is 42.5 Å². The van der Waals surface area contributed by atoms with Crippen molar-refractivity contribution in [1.29, 1.82) is 0 Å². The molecule has 29 heavy (non-hydrogen) atoms. The molecule has 1 saturated heterocycles. The molecular weight excluding hydrogens is 382 g/mol. The number of thiazole rings is 1. The SMILES string of the molecule is Cc1cc2nc(N(CCCN3CCOCC3)C(=O)c3ccccc3)sc2cc1C. The van der Waals surface area contributed by atoms with Gasteiger partial charge in [-0.05, 0) is 55.7 Å². The molecule has 0 N–H and O–H groups in total. The van der Waals surface area contributed by atoms with Gasteiger partial charge in [0.25, 0.3) is 5.91 Å². The second kappa shape index (κ2) is 9.03. The maximum absolute atomic E-state index is 13.3. The average molecular weight is 410 g/mol. The number of aryl methyl sites for hydroxylation is 2. The minimum Gasteiger partial charge on any atom is -0.379 e. The third-order valence-electron chi connectivity index (χ3n) is 5.45. The zero-order chi connectivity index (χ0) is 20.2. The summed E-state index contributed by atoms with van der Waals surface area (Å²) in [6.07, 6.45) is 0.909. The summed E-state index contributed by atoms with van der Waals surface area (Å²) in [6.45, 7) is 9.35. The molecule has 1 fully saturated rings. The lowest BCUT2D eigenvalue weighted by Crippen LogP contribution is -2.39. The Hall–Kier alpha value is -2.28. The number of aromatic nitrogens is 1. The van der Waals surface area contributed by atoms with Crippen LogP contribution in [0.5, 0.6) is 0 Å². The van der Waals surface area contributed by atoms with Crippen molar-refractivity contribution in [2.45, 2.75) is 20.3 Å². The van der Waals surface area contributed by atoms with Crippen LogP contribution in [0.25, 0.3) is 10.2 Å². The molecule has 1 aromatic heterocycles. The number of benzene rings is 2. The van der Waals surface area contributed by atoms with Crippen molar-refractivity contribution in [2.75, 3.05) is 44.3 Å². The summed E-state index contributed by atoms with van der Waals surface area (Å²) in [7, 11) is 0. The lowest BCUT2D eigenvalue weighted by atomic mass is 10.1. The van der Waals surface area contributed by atoms with Crippen LogP contribution in [0.3, 0.4) is 0 Å². The molecule has 1 aliphatic heterocycles. The van der Waals surface area contributed by atoms with Gasteiger partial charge in [-0.25, -0.2) is 4.98 Å². The summed E-state index contributed by atoms with van der Waals surface area (Å²) in [5.41, 5.74) is 4.14. The Morgan fingerprint density at radius 2 is 1.86 bits per heavy atom. The highest BCUT2D eigenvalue weighted by atomic mass is 32.1. The van der Waals surface area contributed by atoms with Gasteiger partial charge in [0, 0.05) is 31.7 Å². The smallest absolute Gasteiger partial charge is 0.260 e. The first-order chi connectivity index (χ1) is 14.1. The van der Waals surface area contributed by atoms with Crippen LogP contribution >= 0.6 is 11.3 Å². The van der Waals surface area contributed by atoms with E-state index in [9.17, 15) is 4.79 Å². The zero-order valence-corrected chi connectivity index (χ0v) is 17.9. The van der Waals surface area contributed by atoms with E-state index in [1.165, 1.54) is 11.1 Å². The van der Waals surface area contributed by atoms with Crippen molar-refractivity contribution in [2.24, 2.45) is 0 Å². The third kappa shape index (κ3) is 4.66. The Morgan fingerprint density at radius 3 is 2.62 bits per heavy atom. The molecule has 5 nitrogen and oxygen atoms in total. The van der Waals surface area contributed by atoms with Gasteiger partial charge in [0.2, 0.25) is 0 Å². The van der Waals surface area contributed by atoms with E-state index >= 15 is 0 Å². The normalized spacial score (nSPS) is 15.0. The largest absolute Gasteiger partial charge is 0.379 e. The highest BCUT2D eigenvalue weighted by Crippen LogP contribution is 2.31. The summed E-state index contributed by atoms with van der Waals surface area (Å²) < 4.78 is 6.56. The molecule has 152 valence electrons. The summed E-state index contributed by atoms with van der Waals surface area (Å²) in [5, 5.41) is 0.779. The van der Waals surface area contributed by atoms with Crippen molar-refractivity contribution in [3.05, 3.63) is 59.2 Å². The van der Waals surface area contributed by atoms with Crippen molar-refractivity contribution < 1.29 is 9.53 Å². The number of hydrogen-bond donors (Lipinski definition) is 0. The lowest BCUT2D eigenvalue weighted by Gasteiger charge is -2.27. The number of ether oxygens (including phenoxy) is 1. The molecular formula is C23H27N3O2S. The van der Waals surface area contributed by atoms with E-state index in [0.29, 0.717) is 12.1 Å². The van der Waals surface area contributed by atoms with Crippen molar-refractivity contribution >= 4 is 32.6 Å². The van der Waals surface area contributed by atoms with Crippen LogP contribution in [0, 0.1) is 13.8 Å². The van der Waals surface area contributed by atoms with E-state index < -0.39 is 0 Å². The van der Waals surface area contributed by atoms with Crippen molar-refractivity contribution in [3.8, 4) is 0 Å². The van der Waals surface area contributed by atoms with Crippen molar-refractivity contribution in [3.63, 3.8) is 0 Å². The first-order valence-corrected chi connectivity index (χ1v) is 11.0. The van der Waals surface area contributed by atoms with E-state index in [1.54, 1.807) is 11.3 Å². The number of carbonyl (C=O) groups is 1. The van der Waals surface area contributed by atoms with Gasteiger partial charge in [-0.1, -0.05) is 29.5 Å². The Kier molecular flexibility index (Phi) is 6.23. The number of rotatable bonds is 6. The Labute approximate surface area is 175 Å². The van der Waals surface area contributed by atoms with Crippen LogP contribution in [0.2, 0.25) is 0 Å². The van der Waals surface area contributed by atoms with Gasteiger partial charge < -0.3 is 4.74 Å². The molecule has 1 amide bonds. The number of morpholine rings is 1. The molecule has 0 bridgehead atoms. The fraction of sp³-hybridized carbons (Fsp3) is 0.391. The summed E-state index contributed by atoms with van der Waals surface area (Å²) >= 11 is 1.60. The van der Waals surface area contributed by atoms with E-state index in [1.807, 2.05) is 35.2 Å². The second-order valence-electron chi connectivity index (χ2n) is 7.53. The minimum atomic E-state index is 0.0140. The Morgan fingerprint density at radius 1 is 1.14 bits per heavy atom. The first kappa shape index (κ1) is 20.0. The maximum Gasteiger partial charge on any atom is 0.260 e. The number of fused-ring (bicyclic) bond motifs is 1. The molecule has 0 radical (unpaired) electrons. The van der Waals surface area contributed by atoms with Crippen LogP contribution in [-0.2, 0) is 4.74 Å².